The van der Waals surface area contributed by atoms with Gasteiger partial charge in [0.15, 0.2) is 0 Å². The Morgan fingerprint density at radius 2 is 1.75 bits per heavy atom. The molecule has 2 amide bonds. The second-order valence-corrected chi connectivity index (χ2v) is 8.01. The van der Waals surface area contributed by atoms with Gasteiger partial charge in [0.2, 0.25) is 11.8 Å². The van der Waals surface area contributed by atoms with E-state index in [1.54, 1.807) is 16.2 Å². The molecule has 3 aromatic rings. The van der Waals surface area contributed by atoms with Gasteiger partial charge in [-0.05, 0) is 22.6 Å². The fourth-order valence-corrected chi connectivity index (χ4v) is 4.39. The van der Waals surface area contributed by atoms with Crippen LogP contribution in [0.1, 0.15) is 28.5 Å². The number of carbonyl (C=O) groups excluding carboxylic acids is 2. The van der Waals surface area contributed by atoms with Crippen LogP contribution in [0.25, 0.3) is 0 Å². The largest absolute Gasteiger partial charge is 0.344 e. The predicted octanol–water partition coefficient (Wildman–Crippen LogP) is 4.00. The van der Waals surface area contributed by atoms with Crippen LogP contribution >= 0.6 is 11.3 Å². The highest BCUT2D eigenvalue weighted by Crippen LogP contribution is 2.28. The molecule has 0 spiro atoms. The van der Waals surface area contributed by atoms with Crippen molar-refractivity contribution in [1.82, 2.24) is 10.2 Å². The summed E-state index contributed by atoms with van der Waals surface area (Å²) in [5.41, 5.74) is 2.13. The van der Waals surface area contributed by atoms with E-state index in [0.29, 0.717) is 13.1 Å². The summed E-state index contributed by atoms with van der Waals surface area (Å²) in [5.74, 6) is -0.343. The minimum absolute atomic E-state index is 0.0383. The third kappa shape index (κ3) is 4.15. The molecule has 2 atom stereocenters. The number of amides is 2. The van der Waals surface area contributed by atoms with Crippen molar-refractivity contribution in [2.75, 3.05) is 6.54 Å². The second kappa shape index (κ2) is 8.40. The molecule has 2 aromatic carbocycles. The van der Waals surface area contributed by atoms with Crippen LogP contribution in [0.2, 0.25) is 0 Å². The van der Waals surface area contributed by atoms with E-state index in [1.165, 1.54) is 0 Å². The second-order valence-electron chi connectivity index (χ2n) is 7.03. The number of hydrogen-bond acceptors (Lipinski definition) is 3. The number of carbonyl (C=O) groups is 2. The molecule has 4 nitrogen and oxygen atoms in total. The third-order valence-corrected chi connectivity index (χ3v) is 5.99. The summed E-state index contributed by atoms with van der Waals surface area (Å²) in [7, 11) is 0. The number of nitrogens with zero attached hydrogens (tertiary/aromatic N) is 1. The minimum Gasteiger partial charge on any atom is -0.344 e. The first kappa shape index (κ1) is 18.4. The van der Waals surface area contributed by atoms with Gasteiger partial charge in [0.1, 0.15) is 0 Å². The monoisotopic (exact) mass is 390 g/mol. The fourth-order valence-electron chi connectivity index (χ4n) is 3.58. The van der Waals surface area contributed by atoms with Gasteiger partial charge in [-0.2, -0.15) is 0 Å². The van der Waals surface area contributed by atoms with Crippen LogP contribution in [-0.2, 0) is 16.1 Å². The van der Waals surface area contributed by atoms with E-state index >= 15 is 0 Å². The lowest BCUT2D eigenvalue weighted by Gasteiger charge is -2.21. The number of benzene rings is 2. The third-order valence-electron chi connectivity index (χ3n) is 5.05. The van der Waals surface area contributed by atoms with E-state index < -0.39 is 0 Å². The van der Waals surface area contributed by atoms with Gasteiger partial charge in [-0.15, -0.1) is 11.3 Å². The lowest BCUT2D eigenvalue weighted by molar-refractivity contribution is -0.129. The molecule has 5 heteroatoms. The summed E-state index contributed by atoms with van der Waals surface area (Å²) in [6.07, 6.45) is 0.268. The maximum Gasteiger partial charge on any atom is 0.226 e. The van der Waals surface area contributed by atoms with E-state index in [1.807, 2.05) is 78.2 Å². The number of rotatable bonds is 6. The van der Waals surface area contributed by atoms with E-state index in [9.17, 15) is 9.59 Å². The SMILES string of the molecule is O=C(NC(c1ccccc1)c1cccs1)C1CC(=O)N(Cc2ccccc2)C1. The number of thiophene rings is 1. The first-order valence-electron chi connectivity index (χ1n) is 9.41. The van der Waals surface area contributed by atoms with Crippen molar-refractivity contribution in [2.45, 2.75) is 19.0 Å². The van der Waals surface area contributed by atoms with Crippen LogP contribution in [0.3, 0.4) is 0 Å². The lowest BCUT2D eigenvalue weighted by atomic mass is 10.0. The molecule has 2 heterocycles. The smallest absolute Gasteiger partial charge is 0.226 e. The highest BCUT2D eigenvalue weighted by Gasteiger charge is 2.35. The number of hydrogen-bond donors (Lipinski definition) is 1. The minimum atomic E-state index is -0.317. The molecule has 1 aromatic heterocycles. The van der Waals surface area contributed by atoms with Crippen molar-refractivity contribution in [3.8, 4) is 0 Å². The van der Waals surface area contributed by atoms with Crippen LogP contribution in [0.4, 0.5) is 0 Å². The molecule has 2 unspecified atom stereocenters. The molecule has 1 N–H and O–H groups in total. The van der Waals surface area contributed by atoms with Crippen molar-refractivity contribution < 1.29 is 9.59 Å². The Kier molecular flexibility index (Phi) is 5.53. The zero-order valence-electron chi connectivity index (χ0n) is 15.5. The molecule has 1 fully saturated rings. The van der Waals surface area contributed by atoms with Gasteiger partial charge in [-0.3, -0.25) is 9.59 Å². The van der Waals surface area contributed by atoms with E-state index in [0.717, 1.165) is 16.0 Å². The summed E-state index contributed by atoms with van der Waals surface area (Å²) in [4.78, 5) is 28.3. The first-order chi connectivity index (χ1) is 13.7. The van der Waals surface area contributed by atoms with Gasteiger partial charge in [0, 0.05) is 24.4 Å². The van der Waals surface area contributed by atoms with Crippen LogP contribution in [0.5, 0.6) is 0 Å². The van der Waals surface area contributed by atoms with Crippen molar-refractivity contribution >= 4 is 23.2 Å². The lowest BCUT2D eigenvalue weighted by Crippen LogP contribution is -2.35. The van der Waals surface area contributed by atoms with Crippen molar-refractivity contribution in [1.29, 1.82) is 0 Å². The average molecular weight is 391 g/mol. The maximum atomic E-state index is 13.0. The first-order valence-corrected chi connectivity index (χ1v) is 10.3. The van der Waals surface area contributed by atoms with E-state index in [-0.39, 0.29) is 30.2 Å². The number of nitrogens with one attached hydrogen (secondary N) is 1. The predicted molar refractivity (Wildman–Crippen MR) is 111 cm³/mol. The van der Waals surface area contributed by atoms with Crippen LogP contribution in [0.15, 0.2) is 78.2 Å². The van der Waals surface area contributed by atoms with Gasteiger partial charge >= 0.3 is 0 Å². The topological polar surface area (TPSA) is 49.4 Å². The zero-order chi connectivity index (χ0) is 19.3. The summed E-state index contributed by atoms with van der Waals surface area (Å²) in [6.45, 7) is 1.02. The highest BCUT2D eigenvalue weighted by atomic mass is 32.1. The van der Waals surface area contributed by atoms with E-state index in [4.69, 9.17) is 0 Å². The summed E-state index contributed by atoms with van der Waals surface area (Å²) >= 11 is 1.62. The molecular weight excluding hydrogens is 368 g/mol. The molecule has 0 bridgehead atoms. The molecule has 28 heavy (non-hydrogen) atoms. The molecule has 1 aliphatic heterocycles. The Morgan fingerprint density at radius 3 is 2.43 bits per heavy atom. The summed E-state index contributed by atoms with van der Waals surface area (Å²) in [6, 6.07) is 23.7. The van der Waals surface area contributed by atoms with Crippen LogP contribution < -0.4 is 5.32 Å². The average Bonchev–Trinajstić information content (AvgIpc) is 3.38. The zero-order valence-corrected chi connectivity index (χ0v) is 16.3. The van der Waals surface area contributed by atoms with E-state index in [2.05, 4.69) is 5.32 Å². The normalized spacial score (nSPS) is 17.5. The van der Waals surface area contributed by atoms with Crippen molar-refractivity contribution in [3.05, 3.63) is 94.2 Å². The van der Waals surface area contributed by atoms with Gasteiger partial charge in [-0.25, -0.2) is 0 Å². The van der Waals surface area contributed by atoms with Crippen LogP contribution in [0, 0.1) is 5.92 Å². The van der Waals surface area contributed by atoms with Gasteiger partial charge in [0.05, 0.1) is 12.0 Å². The van der Waals surface area contributed by atoms with Gasteiger partial charge < -0.3 is 10.2 Å². The summed E-state index contributed by atoms with van der Waals surface area (Å²) in [5, 5.41) is 5.19. The number of likely N-dealkylation sites (tertiary alicyclic amines) is 1. The Bertz CT molecular complexity index is 926. The van der Waals surface area contributed by atoms with Crippen molar-refractivity contribution in [2.24, 2.45) is 5.92 Å². The Hall–Kier alpha value is -2.92. The molecular formula is C23H22N2O2S. The molecule has 1 saturated heterocycles. The maximum absolute atomic E-state index is 13.0. The quantitative estimate of drug-likeness (QED) is 0.692. The molecule has 4 rings (SSSR count). The highest BCUT2D eigenvalue weighted by molar-refractivity contribution is 7.10. The summed E-state index contributed by atoms with van der Waals surface area (Å²) < 4.78 is 0. The molecule has 0 saturated carbocycles. The van der Waals surface area contributed by atoms with Gasteiger partial charge in [0.25, 0.3) is 0 Å². The molecule has 1 aliphatic rings. The fraction of sp³-hybridized carbons (Fsp3) is 0.217. The Morgan fingerprint density at radius 1 is 1.04 bits per heavy atom. The Balaban J connectivity index is 1.46. The van der Waals surface area contributed by atoms with Crippen LogP contribution in [-0.4, -0.2) is 23.3 Å². The Labute approximate surface area is 168 Å². The van der Waals surface area contributed by atoms with Crippen molar-refractivity contribution in [3.63, 3.8) is 0 Å². The molecule has 0 aliphatic carbocycles. The van der Waals surface area contributed by atoms with Gasteiger partial charge in [-0.1, -0.05) is 66.7 Å². The standard InChI is InChI=1S/C23H22N2O2S/c26-21-14-19(16-25(21)15-17-8-3-1-4-9-17)23(27)24-22(20-12-7-13-28-20)18-10-5-2-6-11-18/h1-13,19,22H,14-16H2,(H,24,27). The molecule has 142 valence electrons. The molecule has 0 radical (unpaired) electrons.